The van der Waals surface area contributed by atoms with Crippen molar-refractivity contribution >= 4 is 45.0 Å². The maximum Gasteiger partial charge on any atom is 0.274 e. The Kier molecular flexibility index (Phi) is 12.0. The molecular weight excluding hydrogens is 603 g/mol. The Bertz CT molecular complexity index is 1230. The Morgan fingerprint density at radius 3 is 2.59 bits per heavy atom. The number of nitriles is 1. The molecule has 10 nitrogen and oxygen atoms in total. The van der Waals surface area contributed by atoms with E-state index in [0.717, 1.165) is 12.1 Å². The van der Waals surface area contributed by atoms with Gasteiger partial charge in [0.25, 0.3) is 5.91 Å². The fourth-order valence-corrected chi connectivity index (χ4v) is 3.41. The number of hydrogen-bond acceptors (Lipinski definition) is 6. The second-order valence-corrected chi connectivity index (χ2v) is 7.60. The summed E-state index contributed by atoms with van der Waals surface area (Å²) in [6.45, 7) is 1.69. The number of amides is 2. The Labute approximate surface area is 235 Å². The minimum absolute atomic E-state index is 0. The number of nitrogens with zero attached hydrogens (tertiary/aromatic N) is 6. The summed E-state index contributed by atoms with van der Waals surface area (Å²) in [6, 6.07) is 9.81. The van der Waals surface area contributed by atoms with Crippen LogP contribution in [0.1, 0.15) is 32.0 Å². The summed E-state index contributed by atoms with van der Waals surface area (Å²) >= 11 is 9.49. The van der Waals surface area contributed by atoms with Gasteiger partial charge in [-0.3, -0.25) is 9.59 Å². The first-order valence-electron chi connectivity index (χ1n) is 9.32. The third kappa shape index (κ3) is 6.69. The molecule has 1 aromatic carbocycles. The SMILES string of the molecule is CO.C[N-]N(C)C(=O)c1cc(C#N)cc(C)c1NC(=O)c1cc(Br)nn1-c1ncccc1Cl.[Y]. The molecule has 34 heavy (non-hydrogen) atoms. The summed E-state index contributed by atoms with van der Waals surface area (Å²) in [5.74, 6) is -0.740. The van der Waals surface area contributed by atoms with Gasteiger partial charge in [-0.25, -0.2) is 9.67 Å². The molecule has 0 saturated heterocycles. The van der Waals surface area contributed by atoms with E-state index in [-0.39, 0.29) is 61.0 Å². The number of carbonyl (C=O) groups is 2. The van der Waals surface area contributed by atoms with Crippen molar-refractivity contribution in [2.24, 2.45) is 0 Å². The third-order valence-electron chi connectivity index (χ3n) is 4.38. The minimum atomic E-state index is -0.544. The normalized spacial score (nSPS) is 9.71. The first-order valence-corrected chi connectivity index (χ1v) is 10.5. The number of anilines is 1. The number of aromatic nitrogens is 3. The zero-order chi connectivity index (χ0) is 24.7. The van der Waals surface area contributed by atoms with Crippen LogP contribution in [0.2, 0.25) is 5.02 Å². The molecule has 0 aliphatic rings. The zero-order valence-electron chi connectivity index (χ0n) is 18.7. The van der Waals surface area contributed by atoms with Crippen LogP contribution in [0, 0.1) is 18.3 Å². The molecule has 2 aromatic heterocycles. The van der Waals surface area contributed by atoms with Crippen LogP contribution >= 0.6 is 27.5 Å². The van der Waals surface area contributed by atoms with Crippen molar-refractivity contribution in [3.05, 3.63) is 74.0 Å². The van der Waals surface area contributed by atoms with Crippen LogP contribution in [0.15, 0.2) is 41.1 Å². The van der Waals surface area contributed by atoms with E-state index in [1.165, 1.54) is 37.1 Å². The molecule has 13 heteroatoms. The topological polar surface area (TPSA) is 138 Å². The van der Waals surface area contributed by atoms with Crippen LogP contribution in [0.5, 0.6) is 0 Å². The van der Waals surface area contributed by atoms with Crippen LogP contribution in [0.3, 0.4) is 0 Å². The number of pyridine rings is 1. The molecule has 0 bridgehead atoms. The molecule has 0 saturated carbocycles. The summed E-state index contributed by atoms with van der Waals surface area (Å²) in [5, 5.41) is 24.7. The van der Waals surface area contributed by atoms with Gasteiger partial charge < -0.3 is 20.9 Å². The number of nitrogens with one attached hydrogen (secondary N) is 1. The fourth-order valence-electron chi connectivity index (χ4n) is 2.84. The van der Waals surface area contributed by atoms with Crippen molar-refractivity contribution in [2.75, 3.05) is 26.5 Å². The number of halogens is 2. The Morgan fingerprint density at radius 1 is 1.32 bits per heavy atom. The van der Waals surface area contributed by atoms with Gasteiger partial charge in [-0.2, -0.15) is 10.4 Å². The molecule has 3 aromatic rings. The Balaban J connectivity index is 0.00000188. The van der Waals surface area contributed by atoms with Gasteiger partial charge in [0.15, 0.2) is 5.82 Å². The summed E-state index contributed by atoms with van der Waals surface area (Å²) in [5.41, 5.74) is 5.22. The molecule has 0 aliphatic heterocycles. The van der Waals surface area contributed by atoms with Gasteiger partial charge in [0, 0.05) is 52.1 Å². The van der Waals surface area contributed by atoms with E-state index in [4.69, 9.17) is 16.7 Å². The molecule has 0 fully saturated rings. The van der Waals surface area contributed by atoms with E-state index in [0.29, 0.717) is 15.2 Å². The van der Waals surface area contributed by atoms with E-state index >= 15 is 0 Å². The van der Waals surface area contributed by atoms with Crippen molar-refractivity contribution in [2.45, 2.75) is 6.92 Å². The van der Waals surface area contributed by atoms with Crippen molar-refractivity contribution in [1.82, 2.24) is 19.8 Å². The van der Waals surface area contributed by atoms with Crippen molar-refractivity contribution in [3.8, 4) is 11.9 Å². The van der Waals surface area contributed by atoms with Gasteiger partial charge >= 0.3 is 0 Å². The van der Waals surface area contributed by atoms with E-state index in [1.807, 2.05) is 6.07 Å². The van der Waals surface area contributed by atoms with Crippen molar-refractivity contribution in [3.63, 3.8) is 0 Å². The molecule has 2 amide bonds. The largest absolute Gasteiger partial charge is 0.568 e. The fraction of sp³-hybridized carbons (Fsp3) is 0.190. The monoisotopic (exact) mass is 621 g/mol. The second-order valence-electron chi connectivity index (χ2n) is 6.38. The number of carbonyl (C=O) groups excluding carboxylic acids is 2. The molecule has 0 atom stereocenters. The van der Waals surface area contributed by atoms with E-state index in [9.17, 15) is 14.9 Å². The molecule has 2 N–H and O–H groups in total. The van der Waals surface area contributed by atoms with Crippen LogP contribution in [-0.4, -0.2) is 57.9 Å². The van der Waals surface area contributed by atoms with Crippen LogP contribution in [0.25, 0.3) is 11.2 Å². The molecule has 2 heterocycles. The standard InChI is InChI=1S/C20H16BrClN7O2.CH4O.Y/c1-11-7-12(10-23)8-13(20(31)28(3)24-2)17(11)26-19(30)15-9-16(21)27-29(15)18-14(22)5-4-6-25-18;1-2;/h4-9H,1-3H3,(H,26,30);2H,1H3;/q-1;;. The number of hydrogen-bond donors (Lipinski definition) is 2. The van der Waals surface area contributed by atoms with E-state index in [1.54, 1.807) is 25.1 Å². The summed E-state index contributed by atoms with van der Waals surface area (Å²) in [4.78, 5) is 30.2. The smallest absolute Gasteiger partial charge is 0.274 e. The quantitative estimate of drug-likeness (QED) is 0.416. The summed E-state index contributed by atoms with van der Waals surface area (Å²) in [6.07, 6.45) is 1.53. The van der Waals surface area contributed by atoms with Crippen LogP contribution in [0.4, 0.5) is 5.69 Å². The van der Waals surface area contributed by atoms with Gasteiger partial charge in [-0.1, -0.05) is 11.6 Å². The van der Waals surface area contributed by atoms with Gasteiger partial charge in [0.2, 0.25) is 5.91 Å². The second kappa shape index (κ2) is 13.6. The molecular formula is C21H20BrClN7O3Y-. The van der Waals surface area contributed by atoms with Gasteiger partial charge in [0.1, 0.15) is 10.3 Å². The zero-order valence-corrected chi connectivity index (χ0v) is 23.9. The molecule has 1 radical (unpaired) electrons. The third-order valence-corrected chi connectivity index (χ3v) is 5.06. The summed E-state index contributed by atoms with van der Waals surface area (Å²) < 4.78 is 1.70. The molecule has 175 valence electrons. The van der Waals surface area contributed by atoms with Crippen LogP contribution < -0.4 is 5.32 Å². The van der Waals surface area contributed by atoms with Gasteiger partial charge in [-0.05, 0) is 59.7 Å². The average Bonchev–Trinajstić information content (AvgIpc) is 3.22. The Morgan fingerprint density at radius 2 is 2.00 bits per heavy atom. The molecule has 0 aliphatic carbocycles. The maximum atomic E-state index is 13.2. The van der Waals surface area contributed by atoms with E-state index in [2.05, 4.69) is 36.8 Å². The molecule has 0 unspecified atom stereocenters. The van der Waals surface area contributed by atoms with Crippen molar-refractivity contribution < 1.29 is 47.4 Å². The van der Waals surface area contributed by atoms with Crippen molar-refractivity contribution in [1.29, 1.82) is 5.26 Å². The van der Waals surface area contributed by atoms with E-state index < -0.39 is 11.8 Å². The predicted octanol–water partition coefficient (Wildman–Crippen LogP) is 3.71. The number of benzene rings is 1. The molecule has 0 spiro atoms. The van der Waals surface area contributed by atoms with Crippen LogP contribution in [-0.2, 0) is 32.7 Å². The van der Waals surface area contributed by atoms with Gasteiger partial charge in [-0.15, -0.1) is 7.05 Å². The first kappa shape index (κ1) is 29.8. The molecule has 3 rings (SSSR count). The number of aryl methyl sites for hydroxylation is 1. The number of aliphatic hydroxyl groups is 1. The Hall–Kier alpha value is -2.20. The minimum Gasteiger partial charge on any atom is -0.568 e. The first-order chi connectivity index (χ1) is 15.8. The summed E-state index contributed by atoms with van der Waals surface area (Å²) in [7, 11) is 3.95. The average molecular weight is 623 g/mol. The predicted molar refractivity (Wildman–Crippen MR) is 127 cm³/mol. The number of rotatable bonds is 5. The van der Waals surface area contributed by atoms with Gasteiger partial charge in [0.05, 0.1) is 27.9 Å². The number of aliphatic hydroxyl groups excluding tert-OH is 1. The maximum absolute atomic E-state index is 13.2.